The molecule has 0 spiro atoms. The van der Waals surface area contributed by atoms with Gasteiger partial charge in [-0.25, -0.2) is 0 Å². The molecule has 0 aromatic carbocycles. The average molecular weight is 246 g/mol. The van der Waals surface area contributed by atoms with E-state index in [2.05, 4.69) is 4.18 Å². The Balaban J connectivity index is -0.000000167. The van der Waals surface area contributed by atoms with Crippen molar-refractivity contribution in [3.63, 3.8) is 0 Å². The second kappa shape index (κ2) is 11.8. The van der Waals surface area contributed by atoms with Crippen LogP contribution in [0.3, 0.4) is 0 Å². The molecule has 0 aromatic rings. The molecule has 0 aromatic heterocycles. The molecule has 0 atom stereocenters. The molecule has 0 rings (SSSR count). The molecule has 88 valence electrons. The van der Waals surface area contributed by atoms with Gasteiger partial charge < -0.3 is 0 Å². The zero-order valence-corrected chi connectivity index (χ0v) is 7.05. The van der Waals surface area contributed by atoms with Crippen LogP contribution >= 0.6 is 12.4 Å². The maximum atomic E-state index is 11.1. The van der Waals surface area contributed by atoms with Gasteiger partial charge >= 0.3 is 6.17 Å². The van der Waals surface area contributed by atoms with Gasteiger partial charge in [-0.15, -0.1) is 3.89 Å². The van der Waals surface area contributed by atoms with E-state index in [4.69, 9.17) is 0 Å². The highest BCUT2D eigenvalue weighted by Gasteiger charge is 2.32. The topological polar surface area (TPSA) is 95.5 Å². The molecule has 0 heterocycles. The standard InChI is InChI=1S/C2H3FN2O5S.3FH/c3-11-10-1-2(4(6)7)5(8)9;;;/h2H,1H2;3*1H. The van der Waals surface area contributed by atoms with E-state index in [-0.39, 0.29) is 14.1 Å². The average Bonchev–Trinajstić information content (AvgIpc) is 1.87. The summed E-state index contributed by atoms with van der Waals surface area (Å²) in [6, 6.07) is 0. The van der Waals surface area contributed by atoms with Gasteiger partial charge in [-0.2, -0.15) is 0 Å². The number of hydrogen-bond donors (Lipinski definition) is 0. The molecule has 0 aliphatic rings. The van der Waals surface area contributed by atoms with E-state index in [0.717, 1.165) is 0 Å². The summed E-state index contributed by atoms with van der Waals surface area (Å²) in [6.07, 6.45) is -2.10. The predicted molar refractivity (Wildman–Crippen MR) is 39.9 cm³/mol. The van der Waals surface area contributed by atoms with Gasteiger partial charge in [0.15, 0.2) is 0 Å². The van der Waals surface area contributed by atoms with Crippen LogP contribution in [0.5, 0.6) is 0 Å². The number of nitrogens with zero attached hydrogens (tertiary/aromatic N) is 2. The molecule has 0 radical (unpaired) electrons. The minimum atomic E-state index is -2.10. The lowest BCUT2D eigenvalue weighted by atomic mass is 10.6. The fourth-order valence-electron chi connectivity index (χ4n) is 0.285. The minimum Gasteiger partial charge on any atom is -0.272 e. The smallest absolute Gasteiger partial charge is 0.272 e. The molecule has 0 aliphatic carbocycles. The van der Waals surface area contributed by atoms with Crippen LogP contribution in [0.15, 0.2) is 0 Å². The maximum absolute atomic E-state index is 11.1. The van der Waals surface area contributed by atoms with Crippen molar-refractivity contribution in [3.8, 4) is 0 Å². The van der Waals surface area contributed by atoms with E-state index in [1.807, 2.05) is 0 Å². The zero-order chi connectivity index (χ0) is 8.85. The summed E-state index contributed by atoms with van der Waals surface area (Å²) in [6.45, 7) is -0.888. The van der Waals surface area contributed by atoms with Crippen LogP contribution < -0.4 is 0 Å². The Morgan fingerprint density at radius 1 is 1.21 bits per heavy atom. The van der Waals surface area contributed by atoms with Gasteiger partial charge in [-0.05, 0) is 0 Å². The second-order valence-electron chi connectivity index (χ2n) is 1.40. The molecule has 0 N–H and O–H groups in total. The maximum Gasteiger partial charge on any atom is 0.474 e. The third kappa shape index (κ3) is 8.92. The second-order valence-corrected chi connectivity index (χ2v) is 1.76. The molecule has 0 bridgehead atoms. The van der Waals surface area contributed by atoms with Gasteiger partial charge in [0.25, 0.3) is 0 Å². The van der Waals surface area contributed by atoms with Gasteiger partial charge in [-0.3, -0.25) is 38.5 Å². The predicted octanol–water partition coefficient (Wildman–Crippen LogP) is 0.873. The molecule has 0 aliphatic heterocycles. The molecular weight excluding hydrogens is 240 g/mol. The lowest BCUT2D eigenvalue weighted by Gasteiger charge is -1.98. The Bertz CT molecular complexity index is 158. The van der Waals surface area contributed by atoms with Crippen molar-refractivity contribution in [2.75, 3.05) is 6.61 Å². The summed E-state index contributed by atoms with van der Waals surface area (Å²) in [7, 11) is 0. The molecule has 12 heteroatoms. The van der Waals surface area contributed by atoms with Crippen LogP contribution in [-0.4, -0.2) is 22.6 Å². The van der Waals surface area contributed by atoms with E-state index in [9.17, 15) is 24.1 Å². The first-order valence-corrected chi connectivity index (χ1v) is 2.91. The van der Waals surface area contributed by atoms with Crippen molar-refractivity contribution in [1.82, 2.24) is 0 Å². The van der Waals surface area contributed by atoms with Crippen molar-refractivity contribution in [1.29, 1.82) is 0 Å². The van der Waals surface area contributed by atoms with Crippen LogP contribution in [-0.2, 0) is 4.18 Å². The van der Waals surface area contributed by atoms with E-state index in [0.29, 0.717) is 0 Å². The highest BCUT2D eigenvalue weighted by molar-refractivity contribution is 7.89. The van der Waals surface area contributed by atoms with Crippen LogP contribution in [0.2, 0.25) is 0 Å². The van der Waals surface area contributed by atoms with Crippen LogP contribution in [0.25, 0.3) is 0 Å². The van der Waals surface area contributed by atoms with Crippen LogP contribution in [0.1, 0.15) is 0 Å². The van der Waals surface area contributed by atoms with Gasteiger partial charge in [0, 0.05) is 0 Å². The highest BCUT2D eigenvalue weighted by Crippen LogP contribution is 2.04. The fourth-order valence-corrected chi connectivity index (χ4v) is 0.458. The Hall–Kier alpha value is -1.17. The number of hydrogen-bond acceptors (Lipinski definition) is 6. The molecule has 7 nitrogen and oxygen atoms in total. The number of nitro groups is 2. The SMILES string of the molecule is F.F.F.O=[N+]([O-])C(COSF)[N+](=O)[O-]. The summed E-state index contributed by atoms with van der Waals surface area (Å²) in [4.78, 5) is 17.3. The summed E-state index contributed by atoms with van der Waals surface area (Å²) >= 11 is -0.644. The Morgan fingerprint density at radius 3 is 1.79 bits per heavy atom. The molecule has 14 heavy (non-hydrogen) atoms. The summed E-state index contributed by atoms with van der Waals surface area (Å²) in [5.41, 5.74) is 0. The molecule has 0 saturated carbocycles. The summed E-state index contributed by atoms with van der Waals surface area (Å²) < 4.78 is 14.9. The molecule has 0 unspecified atom stereocenters. The van der Waals surface area contributed by atoms with Crippen molar-refractivity contribution in [2.24, 2.45) is 0 Å². The number of rotatable bonds is 5. The van der Waals surface area contributed by atoms with Crippen LogP contribution in [0, 0.1) is 20.2 Å². The van der Waals surface area contributed by atoms with Gasteiger partial charge in [0.2, 0.25) is 19.0 Å². The normalized spacial score (nSPS) is 7.86. The van der Waals surface area contributed by atoms with Crippen molar-refractivity contribution < 1.29 is 32.0 Å². The van der Waals surface area contributed by atoms with Crippen molar-refractivity contribution in [3.05, 3.63) is 20.2 Å². The van der Waals surface area contributed by atoms with Gasteiger partial charge in [0.05, 0.1) is 9.85 Å². The first-order chi connectivity index (χ1) is 5.09. The zero-order valence-electron chi connectivity index (χ0n) is 6.23. The van der Waals surface area contributed by atoms with Gasteiger partial charge in [-0.1, -0.05) is 0 Å². The van der Waals surface area contributed by atoms with Crippen molar-refractivity contribution >= 4 is 12.4 Å². The third-order valence-corrected chi connectivity index (χ3v) is 0.974. The third-order valence-electron chi connectivity index (χ3n) is 0.748. The van der Waals surface area contributed by atoms with E-state index in [1.165, 1.54) is 0 Å². The Morgan fingerprint density at radius 2 is 1.57 bits per heavy atom. The van der Waals surface area contributed by atoms with E-state index >= 15 is 0 Å². The quantitative estimate of drug-likeness (QED) is 0.235. The Kier molecular flexibility index (Phi) is 19.5. The van der Waals surface area contributed by atoms with Crippen LogP contribution in [0.4, 0.5) is 18.0 Å². The van der Waals surface area contributed by atoms with E-state index in [1.54, 1.807) is 0 Å². The highest BCUT2D eigenvalue weighted by atomic mass is 32.2. The summed E-state index contributed by atoms with van der Waals surface area (Å²) in [5.74, 6) is 0. The number of halogens is 4. The molecule has 0 amide bonds. The molecular formula is C2H6F4N2O5S. The van der Waals surface area contributed by atoms with Gasteiger partial charge in [0.1, 0.15) is 0 Å². The lowest BCUT2D eigenvalue weighted by Crippen LogP contribution is -2.32. The minimum absolute atomic E-state index is 0. The monoisotopic (exact) mass is 246 g/mol. The van der Waals surface area contributed by atoms with Crippen molar-refractivity contribution in [2.45, 2.75) is 6.17 Å². The first-order valence-electron chi connectivity index (χ1n) is 2.26. The Labute approximate surface area is 78.5 Å². The molecule has 0 saturated heterocycles. The molecule has 0 fully saturated rings. The fraction of sp³-hybridized carbons (Fsp3) is 1.00. The van der Waals surface area contributed by atoms with E-state index < -0.39 is 35.0 Å². The summed E-state index contributed by atoms with van der Waals surface area (Å²) in [5, 5.41) is 19.6. The largest absolute Gasteiger partial charge is 0.474 e. The lowest BCUT2D eigenvalue weighted by molar-refractivity contribution is -0.743. The first kappa shape index (κ1) is 23.0.